The molecule has 1 radical (unpaired) electrons. The van der Waals surface area contributed by atoms with Crippen LogP contribution in [0.2, 0.25) is 0 Å². The zero-order valence-electron chi connectivity index (χ0n) is 14.8. The molecule has 0 bridgehead atoms. The van der Waals surface area contributed by atoms with Crippen molar-refractivity contribution in [2.75, 3.05) is 0 Å². The molecule has 0 amide bonds. The second-order valence-corrected chi connectivity index (χ2v) is 5.55. The fourth-order valence-corrected chi connectivity index (χ4v) is 2.11. The Balaban J connectivity index is 3.80. The van der Waals surface area contributed by atoms with Gasteiger partial charge in [0.1, 0.15) is 0 Å². The molecule has 0 atom stereocenters. The fourth-order valence-electron chi connectivity index (χ4n) is 2.11. The van der Waals surface area contributed by atoms with E-state index in [1.807, 2.05) is 37.5 Å². The lowest BCUT2D eigenvalue weighted by molar-refractivity contribution is -0.427. The summed E-state index contributed by atoms with van der Waals surface area (Å²) in [5.74, 6) is 0. The lowest BCUT2D eigenvalue weighted by atomic mass is 10.1. The summed E-state index contributed by atoms with van der Waals surface area (Å²) in [5.41, 5.74) is 0.257. The van der Waals surface area contributed by atoms with Crippen LogP contribution in [-0.4, -0.2) is 11.2 Å². The monoisotopic (exact) mass is 332 g/mol. The number of hydrogen-bond donors (Lipinski definition) is 0. The van der Waals surface area contributed by atoms with Crippen LogP contribution in [0, 0.1) is 10.1 Å². The molecule has 4 heteroatoms. The van der Waals surface area contributed by atoms with E-state index in [1.54, 1.807) is 6.08 Å². The largest absolute Gasteiger partial charge is 0.291 e. The molecule has 0 unspecified atom stereocenters. The van der Waals surface area contributed by atoms with Crippen LogP contribution in [0.25, 0.3) is 0 Å². The Morgan fingerprint density at radius 1 is 0.958 bits per heavy atom. The summed E-state index contributed by atoms with van der Waals surface area (Å²) >= 11 is 0. The fraction of sp³-hybridized carbons (Fsp3) is 0.550. The Bertz CT molecular complexity index is 448. The molecule has 0 saturated carbocycles. The van der Waals surface area contributed by atoms with Gasteiger partial charge in [-0.2, -0.15) is 0 Å². The number of nitro groups is 1. The second-order valence-electron chi connectivity index (χ2n) is 5.55. The molecule has 0 heterocycles. The van der Waals surface area contributed by atoms with Crippen molar-refractivity contribution in [2.45, 2.75) is 71.1 Å². The minimum absolute atomic E-state index is 0.257. The molecule has 0 rings (SSSR count). The maximum atomic E-state index is 10.9. The van der Waals surface area contributed by atoms with E-state index in [1.165, 1.54) is 0 Å². The summed E-state index contributed by atoms with van der Waals surface area (Å²) in [6.07, 6.45) is 24.4. The van der Waals surface area contributed by atoms with Gasteiger partial charge in [0, 0.05) is 6.42 Å². The molecular weight excluding hydrogens is 302 g/mol. The van der Waals surface area contributed by atoms with Gasteiger partial charge in [0.25, 0.3) is 0 Å². The molecule has 24 heavy (non-hydrogen) atoms. The van der Waals surface area contributed by atoms with Crippen molar-refractivity contribution in [3.8, 4) is 0 Å². The number of unbranched alkanes of at least 4 members (excludes halogenated alkanes) is 5. The third-order valence-corrected chi connectivity index (χ3v) is 3.46. The molecule has 0 aliphatic carbocycles. The number of carbonyl (C=O) groups excluding carboxylic acids is 1. The van der Waals surface area contributed by atoms with Gasteiger partial charge in [-0.1, -0.05) is 56.2 Å². The first-order chi connectivity index (χ1) is 11.7. The number of nitrogens with zero attached hydrogens (tertiary/aromatic N) is 1. The van der Waals surface area contributed by atoms with Crippen molar-refractivity contribution in [3.63, 3.8) is 0 Å². The Kier molecular flexibility index (Phi) is 16.0. The van der Waals surface area contributed by atoms with Crippen molar-refractivity contribution in [1.82, 2.24) is 0 Å². The second kappa shape index (κ2) is 17.4. The molecule has 0 spiro atoms. The number of rotatable bonds is 15. The first kappa shape index (κ1) is 22.0. The molecule has 0 aromatic rings. The van der Waals surface area contributed by atoms with Crippen LogP contribution < -0.4 is 0 Å². The van der Waals surface area contributed by atoms with Crippen LogP contribution in [0.3, 0.4) is 0 Å². The molecule has 0 aromatic carbocycles. The Morgan fingerprint density at radius 2 is 1.67 bits per heavy atom. The van der Waals surface area contributed by atoms with E-state index in [9.17, 15) is 14.9 Å². The molecule has 0 aliphatic heterocycles. The molecule has 0 aromatic heterocycles. The highest BCUT2D eigenvalue weighted by atomic mass is 16.6. The highest BCUT2D eigenvalue weighted by molar-refractivity contribution is 5.50. The average molecular weight is 332 g/mol. The van der Waals surface area contributed by atoms with Gasteiger partial charge >= 0.3 is 0 Å². The summed E-state index contributed by atoms with van der Waals surface area (Å²) in [4.78, 5) is 20.6. The van der Waals surface area contributed by atoms with Crippen molar-refractivity contribution in [3.05, 3.63) is 58.3 Å². The lowest BCUT2D eigenvalue weighted by Crippen LogP contribution is -1.97. The topological polar surface area (TPSA) is 60.2 Å². The standard InChI is InChI=1S/C20H30NO3/c1-2-3-14-17-20(21(23)24)18-15-12-10-8-6-4-5-7-9-11-13-16-19-22/h3-4,6,10,12,14,18H,2,5,7-9,11,13,15-17H2,1H3/b6-4-,12-10-,14-3-,20-18+. The average Bonchev–Trinajstić information content (AvgIpc) is 2.57. The van der Waals surface area contributed by atoms with E-state index < -0.39 is 0 Å². The minimum Gasteiger partial charge on any atom is -0.291 e. The predicted octanol–water partition coefficient (Wildman–Crippen LogP) is 5.85. The van der Waals surface area contributed by atoms with Crippen LogP contribution in [-0.2, 0) is 4.79 Å². The highest BCUT2D eigenvalue weighted by Gasteiger charge is 2.05. The van der Waals surface area contributed by atoms with E-state index in [-0.39, 0.29) is 10.6 Å². The molecule has 0 fully saturated rings. The highest BCUT2D eigenvalue weighted by Crippen LogP contribution is 2.07. The third-order valence-electron chi connectivity index (χ3n) is 3.46. The van der Waals surface area contributed by atoms with Crippen LogP contribution >= 0.6 is 0 Å². The van der Waals surface area contributed by atoms with Gasteiger partial charge in [-0.15, -0.1) is 0 Å². The van der Waals surface area contributed by atoms with E-state index in [0.29, 0.717) is 19.3 Å². The van der Waals surface area contributed by atoms with Gasteiger partial charge in [-0.05, 0) is 44.6 Å². The summed E-state index contributed by atoms with van der Waals surface area (Å²) < 4.78 is 0. The summed E-state index contributed by atoms with van der Waals surface area (Å²) in [7, 11) is 0. The smallest absolute Gasteiger partial charge is 0.246 e. The molecule has 133 valence electrons. The van der Waals surface area contributed by atoms with Gasteiger partial charge in [-0.25, -0.2) is 0 Å². The van der Waals surface area contributed by atoms with Crippen LogP contribution in [0.1, 0.15) is 71.1 Å². The molecule has 4 nitrogen and oxygen atoms in total. The first-order valence-electron chi connectivity index (χ1n) is 8.85. The maximum absolute atomic E-state index is 10.9. The molecule has 0 saturated heterocycles. The van der Waals surface area contributed by atoms with E-state index in [2.05, 4.69) is 12.2 Å². The minimum atomic E-state index is -0.305. The van der Waals surface area contributed by atoms with E-state index >= 15 is 0 Å². The van der Waals surface area contributed by atoms with Crippen LogP contribution in [0.15, 0.2) is 48.2 Å². The normalized spacial score (nSPS) is 12.6. The van der Waals surface area contributed by atoms with Gasteiger partial charge < -0.3 is 0 Å². The predicted molar refractivity (Wildman–Crippen MR) is 100 cm³/mol. The van der Waals surface area contributed by atoms with Crippen molar-refractivity contribution in [1.29, 1.82) is 0 Å². The van der Waals surface area contributed by atoms with E-state index in [4.69, 9.17) is 0 Å². The van der Waals surface area contributed by atoms with Gasteiger partial charge in [0.15, 0.2) is 6.29 Å². The molecule has 0 N–H and O–H groups in total. The first-order valence-corrected chi connectivity index (χ1v) is 8.85. The van der Waals surface area contributed by atoms with Crippen LogP contribution in [0.4, 0.5) is 0 Å². The Hall–Kier alpha value is -1.97. The van der Waals surface area contributed by atoms with E-state index in [0.717, 1.165) is 44.9 Å². The van der Waals surface area contributed by atoms with Crippen molar-refractivity contribution >= 4 is 6.29 Å². The maximum Gasteiger partial charge on any atom is 0.246 e. The number of hydrogen-bond acceptors (Lipinski definition) is 3. The van der Waals surface area contributed by atoms with Gasteiger partial charge in [0.2, 0.25) is 5.70 Å². The lowest BCUT2D eigenvalue weighted by Gasteiger charge is -1.95. The zero-order chi connectivity index (χ0) is 17.9. The number of allylic oxidation sites excluding steroid dienone is 7. The molecule has 0 aliphatic rings. The van der Waals surface area contributed by atoms with Crippen molar-refractivity contribution in [2.24, 2.45) is 0 Å². The van der Waals surface area contributed by atoms with Gasteiger partial charge in [0.05, 0.1) is 11.3 Å². The SMILES string of the molecule is CC/C=C\C/C(=C\C/C=C\C/C=C\CCCCCC[C]=O)[N+](=O)[O-]. The zero-order valence-corrected chi connectivity index (χ0v) is 14.8. The summed E-state index contributed by atoms with van der Waals surface area (Å²) in [5, 5.41) is 10.9. The van der Waals surface area contributed by atoms with Crippen LogP contribution in [0.5, 0.6) is 0 Å². The Labute approximate surface area is 146 Å². The summed E-state index contributed by atoms with van der Waals surface area (Å²) in [6, 6.07) is 0. The Morgan fingerprint density at radius 3 is 2.38 bits per heavy atom. The molecular formula is C20H30NO3. The van der Waals surface area contributed by atoms with Crippen molar-refractivity contribution < 1.29 is 9.72 Å². The quantitative estimate of drug-likeness (QED) is 0.164. The third kappa shape index (κ3) is 14.9. The van der Waals surface area contributed by atoms with Gasteiger partial charge in [-0.3, -0.25) is 14.9 Å². The summed E-state index contributed by atoms with van der Waals surface area (Å²) in [6.45, 7) is 2.01.